The van der Waals surface area contributed by atoms with Gasteiger partial charge in [-0.3, -0.25) is 4.79 Å². The minimum atomic E-state index is -1.07. The third-order valence-electron chi connectivity index (χ3n) is 3.42. The summed E-state index contributed by atoms with van der Waals surface area (Å²) in [5, 5.41) is 9.41. The molecule has 15 heavy (non-hydrogen) atoms. The summed E-state index contributed by atoms with van der Waals surface area (Å²) in [6.45, 7) is 3.84. The Morgan fingerprint density at radius 3 is 2.53 bits per heavy atom. The highest BCUT2D eigenvalue weighted by Gasteiger charge is 2.55. The number of hydrogen-bond acceptors (Lipinski definition) is 3. The first-order valence-corrected chi connectivity index (χ1v) is 6.03. The van der Waals surface area contributed by atoms with Gasteiger partial charge in [0.2, 0.25) is 6.41 Å². The Morgan fingerprint density at radius 2 is 2.13 bits per heavy atom. The van der Waals surface area contributed by atoms with Gasteiger partial charge in [0.25, 0.3) is 0 Å². The first-order chi connectivity index (χ1) is 6.88. The highest BCUT2D eigenvalue weighted by molar-refractivity contribution is 7.99. The molecule has 4 nitrogen and oxygen atoms in total. The molecule has 1 saturated heterocycles. The normalized spacial score (nSPS) is 29.5. The molecule has 1 fully saturated rings. The number of likely N-dealkylation sites (N-methyl/N-ethyl adjacent to an activating group) is 1. The fraction of sp³-hybridized carbons (Fsp3) is 0.800. The van der Waals surface area contributed by atoms with Gasteiger partial charge in [0, 0.05) is 18.2 Å². The number of aliphatic carboxylic acids is 1. The lowest BCUT2D eigenvalue weighted by Crippen LogP contribution is -2.65. The van der Waals surface area contributed by atoms with Gasteiger partial charge in [0.05, 0.1) is 0 Å². The zero-order valence-electron chi connectivity index (χ0n) is 9.32. The molecule has 0 aromatic rings. The molecule has 0 aliphatic carbocycles. The van der Waals surface area contributed by atoms with E-state index in [9.17, 15) is 14.7 Å². The number of amides is 1. The summed E-state index contributed by atoms with van der Waals surface area (Å²) in [7, 11) is 1.55. The summed E-state index contributed by atoms with van der Waals surface area (Å²) in [4.78, 5) is 23.6. The molecule has 1 N–H and O–H groups in total. The lowest BCUT2D eigenvalue weighted by atomic mass is 9.70. The fourth-order valence-corrected chi connectivity index (χ4v) is 3.93. The minimum absolute atomic E-state index is 0.389. The van der Waals surface area contributed by atoms with Gasteiger partial charge >= 0.3 is 5.97 Å². The Balaban J connectivity index is 3.18. The number of thioether (sulfide) groups is 1. The Hall–Kier alpha value is -0.710. The summed E-state index contributed by atoms with van der Waals surface area (Å²) in [6.07, 6.45) is 1.42. The fourth-order valence-electron chi connectivity index (χ4n) is 2.12. The molecule has 0 bridgehead atoms. The monoisotopic (exact) mass is 231 g/mol. The van der Waals surface area contributed by atoms with E-state index in [0.29, 0.717) is 12.2 Å². The average molecular weight is 231 g/mol. The molecule has 86 valence electrons. The molecule has 1 atom stereocenters. The third-order valence-corrected chi connectivity index (χ3v) is 4.53. The van der Waals surface area contributed by atoms with Gasteiger partial charge in [0.1, 0.15) is 0 Å². The van der Waals surface area contributed by atoms with E-state index < -0.39 is 11.5 Å². The molecule has 1 aliphatic heterocycles. The lowest BCUT2D eigenvalue weighted by molar-refractivity contribution is -0.161. The smallest absolute Gasteiger partial charge is 0.331 e. The molecule has 0 radical (unpaired) electrons. The second-order valence-corrected chi connectivity index (χ2v) is 5.67. The standard InChI is InChI=1S/C10H17NO3S/c1-9(2)4-5-15-6-10(9,8(13)14)11(3)7-12/h7H,4-6H2,1-3H3,(H,13,14). The van der Waals surface area contributed by atoms with Crippen LogP contribution in [0.2, 0.25) is 0 Å². The van der Waals surface area contributed by atoms with E-state index in [1.165, 1.54) is 4.90 Å². The summed E-state index contributed by atoms with van der Waals surface area (Å²) in [5.41, 5.74) is -1.46. The van der Waals surface area contributed by atoms with Crippen LogP contribution >= 0.6 is 11.8 Å². The van der Waals surface area contributed by atoms with Crippen molar-refractivity contribution in [2.45, 2.75) is 25.8 Å². The summed E-state index contributed by atoms with van der Waals surface area (Å²) >= 11 is 1.59. The van der Waals surface area contributed by atoms with Gasteiger partial charge in [-0.05, 0) is 12.2 Å². The highest BCUT2D eigenvalue weighted by Crippen LogP contribution is 2.45. The number of carbonyl (C=O) groups is 2. The second kappa shape index (κ2) is 4.04. The van der Waals surface area contributed by atoms with Crippen LogP contribution in [0, 0.1) is 5.41 Å². The minimum Gasteiger partial charge on any atom is -0.479 e. The zero-order chi connectivity index (χ0) is 11.7. The van der Waals surface area contributed by atoms with Crippen molar-refractivity contribution >= 4 is 24.1 Å². The Labute approximate surface area is 94.0 Å². The third kappa shape index (κ3) is 1.73. The molecule has 5 heteroatoms. The van der Waals surface area contributed by atoms with Gasteiger partial charge < -0.3 is 10.0 Å². The molecule has 1 heterocycles. The molecule has 0 spiro atoms. The molecule has 0 aromatic carbocycles. The first-order valence-electron chi connectivity index (χ1n) is 4.88. The summed E-state index contributed by atoms with van der Waals surface area (Å²) in [5.74, 6) is 0.508. The van der Waals surface area contributed by atoms with Gasteiger partial charge in [-0.25, -0.2) is 4.79 Å². The summed E-state index contributed by atoms with van der Waals surface area (Å²) < 4.78 is 0. The highest BCUT2D eigenvalue weighted by atomic mass is 32.2. The first kappa shape index (κ1) is 12.4. The maximum absolute atomic E-state index is 11.5. The van der Waals surface area contributed by atoms with Crippen molar-refractivity contribution in [2.75, 3.05) is 18.6 Å². The number of nitrogens with zero attached hydrogens (tertiary/aromatic N) is 1. The van der Waals surface area contributed by atoms with E-state index in [-0.39, 0.29) is 5.41 Å². The van der Waals surface area contributed by atoms with Crippen LogP contribution in [-0.4, -0.2) is 46.5 Å². The Kier molecular flexibility index (Phi) is 3.33. The predicted octanol–water partition coefficient (Wildman–Crippen LogP) is 1.06. The molecular formula is C10H17NO3S. The van der Waals surface area contributed by atoms with E-state index in [1.807, 2.05) is 13.8 Å². The molecule has 1 aliphatic rings. The van der Waals surface area contributed by atoms with E-state index in [2.05, 4.69) is 0 Å². The van der Waals surface area contributed by atoms with E-state index >= 15 is 0 Å². The number of carbonyl (C=O) groups excluding carboxylic acids is 1. The number of rotatable bonds is 3. The van der Waals surface area contributed by atoms with Crippen molar-refractivity contribution in [3.05, 3.63) is 0 Å². The van der Waals surface area contributed by atoms with Crippen molar-refractivity contribution in [3.63, 3.8) is 0 Å². The van der Waals surface area contributed by atoms with E-state index in [4.69, 9.17) is 0 Å². The lowest BCUT2D eigenvalue weighted by Gasteiger charge is -2.50. The van der Waals surface area contributed by atoms with Crippen LogP contribution in [0.5, 0.6) is 0 Å². The van der Waals surface area contributed by atoms with Crippen molar-refractivity contribution in [1.29, 1.82) is 0 Å². The van der Waals surface area contributed by atoms with Crippen molar-refractivity contribution in [2.24, 2.45) is 5.41 Å². The zero-order valence-corrected chi connectivity index (χ0v) is 10.1. The van der Waals surface area contributed by atoms with Crippen LogP contribution in [0.15, 0.2) is 0 Å². The Morgan fingerprint density at radius 1 is 1.53 bits per heavy atom. The van der Waals surface area contributed by atoms with E-state index in [1.54, 1.807) is 18.8 Å². The van der Waals surface area contributed by atoms with Crippen LogP contribution in [0.4, 0.5) is 0 Å². The van der Waals surface area contributed by atoms with Gasteiger partial charge in [-0.15, -0.1) is 0 Å². The van der Waals surface area contributed by atoms with Gasteiger partial charge in [-0.2, -0.15) is 11.8 Å². The quantitative estimate of drug-likeness (QED) is 0.738. The molecule has 1 amide bonds. The van der Waals surface area contributed by atoms with E-state index in [0.717, 1.165) is 12.2 Å². The molecule has 1 rings (SSSR count). The van der Waals surface area contributed by atoms with Crippen LogP contribution in [0.25, 0.3) is 0 Å². The SMILES string of the molecule is CN(C=O)C1(C(=O)O)CSCCC1(C)C. The predicted molar refractivity (Wildman–Crippen MR) is 59.9 cm³/mol. The van der Waals surface area contributed by atoms with Crippen LogP contribution < -0.4 is 0 Å². The maximum Gasteiger partial charge on any atom is 0.331 e. The maximum atomic E-state index is 11.5. The molecule has 0 aromatic heterocycles. The topological polar surface area (TPSA) is 57.6 Å². The largest absolute Gasteiger partial charge is 0.479 e. The second-order valence-electron chi connectivity index (χ2n) is 4.57. The summed E-state index contributed by atoms with van der Waals surface area (Å²) in [6, 6.07) is 0. The molecule has 1 unspecified atom stereocenters. The van der Waals surface area contributed by atoms with Crippen LogP contribution in [0.3, 0.4) is 0 Å². The molecule has 0 saturated carbocycles. The number of carboxylic acid groups (broad SMARTS) is 1. The van der Waals surface area contributed by atoms with Crippen molar-refractivity contribution in [1.82, 2.24) is 4.90 Å². The van der Waals surface area contributed by atoms with Crippen LogP contribution in [0.1, 0.15) is 20.3 Å². The Bertz CT molecular complexity index is 280. The average Bonchev–Trinajstić information content (AvgIpc) is 2.15. The van der Waals surface area contributed by atoms with Crippen molar-refractivity contribution in [3.8, 4) is 0 Å². The van der Waals surface area contributed by atoms with Gasteiger partial charge in [-0.1, -0.05) is 13.8 Å². The molecular weight excluding hydrogens is 214 g/mol. The van der Waals surface area contributed by atoms with Crippen molar-refractivity contribution < 1.29 is 14.7 Å². The van der Waals surface area contributed by atoms with Crippen LogP contribution in [-0.2, 0) is 9.59 Å². The van der Waals surface area contributed by atoms with Gasteiger partial charge in [0.15, 0.2) is 5.54 Å². The number of carboxylic acids is 1. The number of hydrogen-bond donors (Lipinski definition) is 1.